The number of carboxylic acid groups (broad SMARTS) is 1. The third kappa shape index (κ3) is 3.83. The molecule has 0 amide bonds. The van der Waals surface area contributed by atoms with E-state index in [2.05, 4.69) is 4.98 Å². The maximum absolute atomic E-state index is 11.8. The van der Waals surface area contributed by atoms with E-state index in [1.54, 1.807) is 12.1 Å². The molecule has 8 heteroatoms. The molecule has 26 heavy (non-hydrogen) atoms. The van der Waals surface area contributed by atoms with E-state index in [1.807, 2.05) is 11.0 Å². The quantitative estimate of drug-likeness (QED) is 0.570. The Kier molecular flexibility index (Phi) is 5.78. The molecule has 3 N–H and O–H groups in total. The van der Waals surface area contributed by atoms with E-state index in [1.165, 1.54) is 0 Å². The summed E-state index contributed by atoms with van der Waals surface area (Å²) in [5.74, 6) is -1.00. The van der Waals surface area contributed by atoms with Crippen LogP contribution in [0.2, 0.25) is 11.3 Å². The Morgan fingerprint density at radius 1 is 1.42 bits per heavy atom. The van der Waals surface area contributed by atoms with Crippen molar-refractivity contribution < 1.29 is 14.3 Å². The molecule has 2 heterocycles. The minimum Gasteiger partial charge on any atom is -0.480 e. The highest BCUT2D eigenvalue weighted by atomic mass is 35.5. The topological polar surface area (TPSA) is 92.6 Å². The highest BCUT2D eigenvalue weighted by molar-refractivity contribution is 6.31. The fourth-order valence-electron chi connectivity index (χ4n) is 3.65. The molecule has 1 aliphatic heterocycles. The monoisotopic (exact) mass is 375 g/mol. The number of carboxylic acids is 1. The van der Waals surface area contributed by atoms with E-state index in [9.17, 15) is 9.90 Å². The van der Waals surface area contributed by atoms with E-state index in [-0.39, 0.29) is 5.92 Å². The van der Waals surface area contributed by atoms with Gasteiger partial charge < -0.3 is 20.2 Å². The number of fused-ring (bicyclic) bond motifs is 1. The van der Waals surface area contributed by atoms with Crippen LogP contribution in [0.15, 0.2) is 22.6 Å². The predicted octanol–water partition coefficient (Wildman–Crippen LogP) is 3.24. The molecule has 1 aliphatic rings. The molecule has 1 atom stereocenters. The van der Waals surface area contributed by atoms with Crippen LogP contribution in [0.4, 0.5) is 6.01 Å². The van der Waals surface area contributed by atoms with Crippen molar-refractivity contribution in [3.8, 4) is 0 Å². The Hall–Kier alpha value is -1.73. The molecule has 1 saturated heterocycles. The molecule has 2 aromatic rings. The molecule has 6 nitrogen and oxygen atoms in total. The zero-order valence-corrected chi connectivity index (χ0v) is 15.4. The summed E-state index contributed by atoms with van der Waals surface area (Å²) in [4.78, 5) is 18.3. The Balaban J connectivity index is 1.67. The van der Waals surface area contributed by atoms with Crippen molar-refractivity contribution in [2.45, 2.75) is 44.0 Å². The molecule has 1 unspecified atom stereocenters. The summed E-state index contributed by atoms with van der Waals surface area (Å²) in [5, 5.41) is 10.3. The predicted molar refractivity (Wildman–Crippen MR) is 103 cm³/mol. The third-order valence-electron chi connectivity index (χ3n) is 5.28. The number of nitrogens with two attached hydrogens (primary N) is 1. The molecule has 1 fully saturated rings. The highest BCUT2D eigenvalue weighted by Crippen LogP contribution is 2.34. The molecule has 0 saturated carbocycles. The first-order valence-corrected chi connectivity index (χ1v) is 9.35. The van der Waals surface area contributed by atoms with Gasteiger partial charge in [-0.25, -0.2) is 0 Å². The number of halogens is 1. The first-order chi connectivity index (χ1) is 12.4. The number of anilines is 1. The van der Waals surface area contributed by atoms with Crippen LogP contribution < -0.4 is 10.6 Å². The smallest absolute Gasteiger partial charge is 0.323 e. The lowest BCUT2D eigenvalue weighted by Gasteiger charge is -2.39. The molecule has 0 bridgehead atoms. The van der Waals surface area contributed by atoms with E-state index in [0.29, 0.717) is 55.3 Å². The number of oxazole rings is 1. The second-order valence-corrected chi connectivity index (χ2v) is 7.40. The van der Waals surface area contributed by atoms with Crippen LogP contribution in [0.3, 0.4) is 0 Å². The van der Waals surface area contributed by atoms with Gasteiger partial charge >= 0.3 is 5.97 Å². The zero-order valence-electron chi connectivity index (χ0n) is 14.7. The number of piperidine rings is 1. The lowest BCUT2D eigenvalue weighted by Crippen LogP contribution is -2.57. The summed E-state index contributed by atoms with van der Waals surface area (Å²) in [7, 11) is 5.52. The Morgan fingerprint density at radius 3 is 2.81 bits per heavy atom. The van der Waals surface area contributed by atoms with Gasteiger partial charge in [0.1, 0.15) is 11.1 Å². The summed E-state index contributed by atoms with van der Waals surface area (Å²) in [5.41, 5.74) is 6.51. The molecule has 1 aromatic heterocycles. The van der Waals surface area contributed by atoms with Crippen molar-refractivity contribution in [3.05, 3.63) is 23.2 Å². The lowest BCUT2D eigenvalue weighted by molar-refractivity contribution is -0.146. The highest BCUT2D eigenvalue weighted by Gasteiger charge is 2.43. The van der Waals surface area contributed by atoms with Crippen LogP contribution in [-0.2, 0) is 4.79 Å². The number of hydrogen-bond donors (Lipinski definition) is 2. The number of unbranched alkanes of at least 4 members (excludes halogenated alkanes) is 1. The third-order valence-corrected chi connectivity index (χ3v) is 5.51. The number of nitrogens with zero attached hydrogens (tertiary/aromatic N) is 2. The van der Waals surface area contributed by atoms with Gasteiger partial charge in [-0.05, 0) is 37.3 Å². The van der Waals surface area contributed by atoms with E-state index in [4.69, 9.17) is 29.6 Å². The number of rotatable bonds is 7. The number of benzene rings is 1. The van der Waals surface area contributed by atoms with Crippen molar-refractivity contribution in [3.63, 3.8) is 0 Å². The van der Waals surface area contributed by atoms with Gasteiger partial charge in [-0.3, -0.25) is 4.79 Å². The van der Waals surface area contributed by atoms with Crippen molar-refractivity contribution in [1.82, 2.24) is 4.98 Å². The van der Waals surface area contributed by atoms with Crippen molar-refractivity contribution in [1.29, 1.82) is 0 Å². The average molecular weight is 376 g/mol. The molecular formula is C18H23BClN3O3. The van der Waals surface area contributed by atoms with Gasteiger partial charge in [0, 0.05) is 24.2 Å². The van der Waals surface area contributed by atoms with Crippen molar-refractivity contribution >= 4 is 42.5 Å². The Labute approximate surface area is 159 Å². The van der Waals surface area contributed by atoms with Crippen LogP contribution in [0.5, 0.6) is 0 Å². The zero-order chi connectivity index (χ0) is 18.7. The van der Waals surface area contributed by atoms with Gasteiger partial charge in [0.2, 0.25) is 0 Å². The maximum atomic E-state index is 11.8. The standard InChI is InChI=1S/C18H23BClN3O3/c19-8-2-1-7-18(21,16(24)25)12-5-9-23(10-6-12)17-22-14-4-3-13(20)11-15(14)26-17/h3-4,11-12H,1-2,5-10,21H2,(H,24,25). The van der Waals surface area contributed by atoms with Gasteiger partial charge in [0.15, 0.2) is 5.58 Å². The normalized spacial score (nSPS) is 18.2. The minimum atomic E-state index is -1.20. The summed E-state index contributed by atoms with van der Waals surface area (Å²) < 4.78 is 5.81. The molecule has 2 radical (unpaired) electrons. The fraction of sp³-hybridized carbons (Fsp3) is 0.556. The molecule has 0 aliphatic carbocycles. The molecule has 138 valence electrons. The Bertz CT molecular complexity index is 776. The van der Waals surface area contributed by atoms with Gasteiger partial charge in [0.05, 0.1) is 7.85 Å². The van der Waals surface area contributed by atoms with Gasteiger partial charge in [0.25, 0.3) is 6.01 Å². The minimum absolute atomic E-state index is 0.0761. The number of carbonyl (C=O) groups is 1. The van der Waals surface area contributed by atoms with Crippen molar-refractivity contribution in [2.24, 2.45) is 11.7 Å². The summed E-state index contributed by atoms with van der Waals surface area (Å²) in [6.07, 6.45) is 3.89. The Morgan fingerprint density at radius 2 is 2.15 bits per heavy atom. The van der Waals surface area contributed by atoms with Gasteiger partial charge in [-0.15, -0.1) is 0 Å². The largest absolute Gasteiger partial charge is 0.480 e. The van der Waals surface area contributed by atoms with E-state index in [0.717, 1.165) is 18.4 Å². The lowest BCUT2D eigenvalue weighted by atomic mass is 9.75. The molecular weight excluding hydrogens is 352 g/mol. The SMILES string of the molecule is [B]CCCCC(N)(C(=O)O)C1CCN(c2nc3ccc(Cl)cc3o2)CC1. The summed E-state index contributed by atoms with van der Waals surface area (Å²) in [6.45, 7) is 1.32. The second-order valence-electron chi connectivity index (χ2n) is 6.96. The molecule has 3 rings (SSSR count). The molecule has 1 aromatic carbocycles. The van der Waals surface area contributed by atoms with Gasteiger partial charge in [-0.1, -0.05) is 30.8 Å². The summed E-state index contributed by atoms with van der Waals surface area (Å²) >= 11 is 5.99. The van der Waals surface area contributed by atoms with E-state index < -0.39 is 11.5 Å². The maximum Gasteiger partial charge on any atom is 0.323 e. The number of hydrogen-bond acceptors (Lipinski definition) is 5. The van der Waals surface area contributed by atoms with Crippen LogP contribution in [0.25, 0.3) is 11.1 Å². The van der Waals surface area contributed by atoms with Crippen LogP contribution in [0.1, 0.15) is 32.1 Å². The van der Waals surface area contributed by atoms with E-state index >= 15 is 0 Å². The fourth-order valence-corrected chi connectivity index (χ4v) is 3.82. The average Bonchev–Trinajstić information content (AvgIpc) is 3.05. The summed E-state index contributed by atoms with van der Waals surface area (Å²) in [6, 6.07) is 5.89. The van der Waals surface area contributed by atoms with Crippen LogP contribution >= 0.6 is 11.6 Å². The second kappa shape index (κ2) is 7.88. The van der Waals surface area contributed by atoms with Crippen LogP contribution in [0, 0.1) is 5.92 Å². The number of aromatic nitrogens is 1. The number of aliphatic carboxylic acids is 1. The van der Waals surface area contributed by atoms with Crippen LogP contribution in [-0.4, -0.2) is 42.5 Å². The van der Waals surface area contributed by atoms with Gasteiger partial charge in [-0.2, -0.15) is 4.98 Å². The van der Waals surface area contributed by atoms with Crippen molar-refractivity contribution in [2.75, 3.05) is 18.0 Å². The first kappa shape index (κ1) is 19.0. The first-order valence-electron chi connectivity index (χ1n) is 8.97. The molecule has 0 spiro atoms.